The number of nitrogens with one attached hydrogen (secondary N) is 1. The van der Waals surface area contributed by atoms with E-state index in [1.807, 2.05) is 24.3 Å². The molecule has 0 radical (unpaired) electrons. The molecule has 1 saturated heterocycles. The number of anilines is 2. The molecule has 1 amide bonds. The Bertz CT molecular complexity index is 924. The van der Waals surface area contributed by atoms with Gasteiger partial charge in [0.05, 0.1) is 0 Å². The van der Waals surface area contributed by atoms with Crippen LogP contribution in [0, 0.1) is 0 Å². The number of para-hydroxylation sites is 1. The number of benzene rings is 2. The number of hydrogen-bond donors (Lipinski definition) is 1. The second-order valence-corrected chi connectivity index (χ2v) is 7.06. The van der Waals surface area contributed by atoms with Crippen LogP contribution in [-0.4, -0.2) is 48.6 Å². The lowest BCUT2D eigenvalue weighted by Gasteiger charge is -2.36. The molecule has 2 aromatic carbocycles. The first-order chi connectivity index (χ1) is 14.3. The lowest BCUT2D eigenvalue weighted by atomic mass is 10.1. The molecule has 0 unspecified atom stereocenters. The van der Waals surface area contributed by atoms with Gasteiger partial charge in [-0.25, -0.2) is 9.97 Å². The van der Waals surface area contributed by atoms with Crippen LogP contribution < -0.4 is 15.1 Å². The summed E-state index contributed by atoms with van der Waals surface area (Å²) in [6, 6.07) is 22.3. The fourth-order valence-electron chi connectivity index (χ4n) is 3.53. The van der Waals surface area contributed by atoms with Crippen LogP contribution in [0.3, 0.4) is 0 Å². The van der Waals surface area contributed by atoms with Crippen molar-refractivity contribution in [2.24, 2.45) is 0 Å². The summed E-state index contributed by atoms with van der Waals surface area (Å²) in [6.07, 6.45) is 2.27. The second-order valence-electron chi connectivity index (χ2n) is 7.06. The first kappa shape index (κ1) is 18.9. The third-order valence-corrected chi connectivity index (χ3v) is 5.15. The topological polar surface area (TPSA) is 61.4 Å². The Morgan fingerprint density at radius 2 is 1.52 bits per heavy atom. The van der Waals surface area contributed by atoms with E-state index in [9.17, 15) is 4.79 Å². The third kappa shape index (κ3) is 4.90. The number of hydrogen-bond acceptors (Lipinski definition) is 5. The van der Waals surface area contributed by atoms with Crippen molar-refractivity contribution in [1.29, 1.82) is 0 Å². The predicted molar refractivity (Wildman–Crippen MR) is 115 cm³/mol. The van der Waals surface area contributed by atoms with E-state index < -0.39 is 0 Å². The normalized spacial score (nSPS) is 13.9. The molecule has 6 heteroatoms. The molecule has 1 aromatic heterocycles. The Labute approximate surface area is 171 Å². The van der Waals surface area contributed by atoms with Crippen molar-refractivity contribution in [2.75, 3.05) is 42.5 Å². The first-order valence-corrected chi connectivity index (χ1v) is 9.99. The van der Waals surface area contributed by atoms with Crippen LogP contribution in [0.4, 0.5) is 11.5 Å². The van der Waals surface area contributed by atoms with Gasteiger partial charge in [-0.3, -0.25) is 4.79 Å². The Balaban J connectivity index is 1.32. The van der Waals surface area contributed by atoms with Crippen molar-refractivity contribution >= 4 is 17.4 Å². The molecule has 0 aliphatic carbocycles. The number of rotatable bonds is 6. The average Bonchev–Trinajstić information content (AvgIpc) is 2.80. The minimum atomic E-state index is -0.160. The van der Waals surface area contributed by atoms with Gasteiger partial charge in [-0.2, -0.15) is 0 Å². The number of carbonyl (C=O) groups is 1. The molecule has 1 aliphatic rings. The highest BCUT2D eigenvalue weighted by Crippen LogP contribution is 2.19. The molecular formula is C23H25N5O. The minimum absolute atomic E-state index is 0.160. The van der Waals surface area contributed by atoms with Crippen molar-refractivity contribution in [3.8, 4) is 0 Å². The standard InChI is InChI=1S/C23H25N5O/c29-23(24-12-11-19-7-3-1-4-8-19)21-17-22(26-18-25-21)28-15-13-27(14-16-28)20-9-5-2-6-10-20/h1-10,17-18H,11-16H2,(H,24,29). The van der Waals surface area contributed by atoms with Crippen molar-refractivity contribution in [3.05, 3.63) is 84.3 Å². The number of amides is 1. The maximum Gasteiger partial charge on any atom is 0.270 e. The van der Waals surface area contributed by atoms with Gasteiger partial charge in [0.1, 0.15) is 17.8 Å². The molecule has 4 rings (SSSR count). The fraction of sp³-hybridized carbons (Fsp3) is 0.261. The van der Waals surface area contributed by atoms with Gasteiger partial charge >= 0.3 is 0 Å². The van der Waals surface area contributed by atoms with Crippen LogP contribution in [-0.2, 0) is 6.42 Å². The zero-order valence-electron chi connectivity index (χ0n) is 16.4. The van der Waals surface area contributed by atoms with Crippen molar-refractivity contribution in [1.82, 2.24) is 15.3 Å². The lowest BCUT2D eigenvalue weighted by molar-refractivity contribution is 0.0949. The summed E-state index contributed by atoms with van der Waals surface area (Å²) in [5, 5.41) is 2.95. The SMILES string of the molecule is O=C(NCCc1ccccc1)c1cc(N2CCN(c3ccccc3)CC2)ncn1. The summed E-state index contributed by atoms with van der Waals surface area (Å²) in [7, 11) is 0. The Kier molecular flexibility index (Phi) is 6.00. The van der Waals surface area contributed by atoms with Gasteiger partial charge < -0.3 is 15.1 Å². The highest BCUT2D eigenvalue weighted by atomic mass is 16.1. The second kappa shape index (κ2) is 9.19. The predicted octanol–water partition coefficient (Wildman–Crippen LogP) is 2.78. The van der Waals surface area contributed by atoms with E-state index in [-0.39, 0.29) is 5.91 Å². The van der Waals surface area contributed by atoms with E-state index in [1.165, 1.54) is 17.6 Å². The lowest BCUT2D eigenvalue weighted by Crippen LogP contribution is -2.47. The number of piperazine rings is 1. The van der Waals surface area contributed by atoms with E-state index in [0.29, 0.717) is 12.2 Å². The highest BCUT2D eigenvalue weighted by molar-refractivity contribution is 5.92. The maximum absolute atomic E-state index is 12.5. The van der Waals surface area contributed by atoms with Crippen LogP contribution in [0.15, 0.2) is 73.1 Å². The molecule has 6 nitrogen and oxygen atoms in total. The molecule has 29 heavy (non-hydrogen) atoms. The molecule has 1 fully saturated rings. The molecule has 0 atom stereocenters. The zero-order valence-corrected chi connectivity index (χ0v) is 16.4. The van der Waals surface area contributed by atoms with Crippen LogP contribution in [0.25, 0.3) is 0 Å². The molecule has 0 spiro atoms. The average molecular weight is 387 g/mol. The number of nitrogens with zero attached hydrogens (tertiary/aromatic N) is 4. The summed E-state index contributed by atoms with van der Waals surface area (Å²) in [5.74, 6) is 0.647. The van der Waals surface area contributed by atoms with Gasteiger partial charge in [0, 0.05) is 44.5 Å². The van der Waals surface area contributed by atoms with E-state index in [1.54, 1.807) is 6.07 Å². The highest BCUT2D eigenvalue weighted by Gasteiger charge is 2.19. The van der Waals surface area contributed by atoms with Crippen LogP contribution in [0.2, 0.25) is 0 Å². The molecule has 0 bridgehead atoms. The molecule has 3 aromatic rings. The first-order valence-electron chi connectivity index (χ1n) is 9.99. The zero-order chi connectivity index (χ0) is 19.9. The minimum Gasteiger partial charge on any atom is -0.368 e. The van der Waals surface area contributed by atoms with Gasteiger partial charge in [-0.05, 0) is 24.1 Å². The van der Waals surface area contributed by atoms with E-state index in [4.69, 9.17) is 0 Å². The van der Waals surface area contributed by atoms with Gasteiger partial charge in [0.15, 0.2) is 0 Å². The Hall–Kier alpha value is -3.41. The van der Waals surface area contributed by atoms with E-state index in [2.05, 4.69) is 61.5 Å². The quantitative estimate of drug-likeness (QED) is 0.705. The molecule has 1 N–H and O–H groups in total. The van der Waals surface area contributed by atoms with Crippen molar-refractivity contribution in [2.45, 2.75) is 6.42 Å². The summed E-state index contributed by atoms with van der Waals surface area (Å²) < 4.78 is 0. The molecular weight excluding hydrogens is 362 g/mol. The molecule has 1 aliphatic heterocycles. The summed E-state index contributed by atoms with van der Waals surface area (Å²) in [4.78, 5) is 25.6. The summed E-state index contributed by atoms with van der Waals surface area (Å²) in [5.41, 5.74) is 2.86. The van der Waals surface area contributed by atoms with Crippen LogP contribution in [0.5, 0.6) is 0 Å². The smallest absolute Gasteiger partial charge is 0.270 e. The monoisotopic (exact) mass is 387 g/mol. The van der Waals surface area contributed by atoms with E-state index >= 15 is 0 Å². The van der Waals surface area contributed by atoms with Crippen LogP contribution in [0.1, 0.15) is 16.1 Å². The molecule has 148 valence electrons. The fourth-order valence-corrected chi connectivity index (χ4v) is 3.53. The van der Waals surface area contributed by atoms with Crippen molar-refractivity contribution in [3.63, 3.8) is 0 Å². The Morgan fingerprint density at radius 1 is 0.862 bits per heavy atom. The van der Waals surface area contributed by atoms with Crippen LogP contribution >= 0.6 is 0 Å². The summed E-state index contributed by atoms with van der Waals surface area (Å²) in [6.45, 7) is 4.15. The van der Waals surface area contributed by atoms with Gasteiger partial charge in [0.25, 0.3) is 5.91 Å². The third-order valence-electron chi connectivity index (χ3n) is 5.15. The maximum atomic E-state index is 12.5. The largest absolute Gasteiger partial charge is 0.368 e. The number of aromatic nitrogens is 2. The number of carbonyl (C=O) groups excluding carboxylic acids is 1. The van der Waals surface area contributed by atoms with Gasteiger partial charge in [-0.1, -0.05) is 48.5 Å². The van der Waals surface area contributed by atoms with Gasteiger partial charge in [-0.15, -0.1) is 0 Å². The molecule has 2 heterocycles. The molecule has 0 saturated carbocycles. The van der Waals surface area contributed by atoms with Gasteiger partial charge in [0.2, 0.25) is 0 Å². The summed E-state index contributed by atoms with van der Waals surface area (Å²) >= 11 is 0. The van der Waals surface area contributed by atoms with E-state index in [0.717, 1.165) is 38.4 Å². The Morgan fingerprint density at radius 3 is 2.24 bits per heavy atom. The van der Waals surface area contributed by atoms with Crippen molar-refractivity contribution < 1.29 is 4.79 Å².